The maximum Gasteiger partial charge on any atom is 0.289 e. The molecule has 0 aliphatic carbocycles. The van der Waals surface area contributed by atoms with E-state index in [-0.39, 0.29) is 44.5 Å². The average molecular weight is 949 g/mol. The lowest BCUT2D eigenvalue weighted by Crippen LogP contribution is -2.22. The summed E-state index contributed by atoms with van der Waals surface area (Å²) in [7, 11) is -3.92. The van der Waals surface area contributed by atoms with Gasteiger partial charge in [-0.25, -0.2) is 8.42 Å². The van der Waals surface area contributed by atoms with Crippen molar-refractivity contribution in [3.63, 3.8) is 0 Å². The second-order valence-electron chi connectivity index (χ2n) is 15.4. The number of anilines is 2. The number of fused-ring (bicyclic) bond motifs is 2. The number of rotatable bonds is 18. The predicted molar refractivity (Wildman–Crippen MR) is 256 cm³/mol. The molecular weight excluding hydrogens is 909 g/mol. The standard InChI is InChI=1S/C50H40N6O8S3/c57-67(58,39-23-19-35(20-24-39)51-45(29-37-13-7-27-59-37)55-49(65)63-47(53-55)31-61-43-17-5-11-33-9-1-3-15-41(33)43)40-25-21-36(22-26-40)52-46(30-38-14-8-28-60-38)56-50(66)64-48(54-56)32-62-44-18-6-12-34-10-2-4-16-42(34)44/h1-28,45-46,51-52H,29-32H2. The van der Waals surface area contributed by atoms with Gasteiger partial charge in [-0.1, -0.05) is 72.8 Å². The first kappa shape index (κ1) is 43.2. The molecule has 0 bridgehead atoms. The van der Waals surface area contributed by atoms with Crippen LogP contribution in [0.1, 0.15) is 35.6 Å². The van der Waals surface area contributed by atoms with Crippen molar-refractivity contribution >= 4 is 67.2 Å². The van der Waals surface area contributed by atoms with E-state index in [1.165, 1.54) is 0 Å². The van der Waals surface area contributed by atoms with E-state index < -0.39 is 22.2 Å². The normalized spacial score (nSPS) is 12.5. The molecule has 0 aliphatic heterocycles. The Bertz CT molecular complexity index is 3270. The minimum Gasteiger partial charge on any atom is -0.483 e. The number of aromatic nitrogens is 4. The zero-order chi connectivity index (χ0) is 45.7. The van der Waals surface area contributed by atoms with Crippen molar-refractivity contribution in [3.05, 3.63) is 203 Å². The third-order valence-electron chi connectivity index (χ3n) is 11.0. The van der Waals surface area contributed by atoms with Crippen LogP contribution < -0.4 is 20.1 Å². The zero-order valence-corrected chi connectivity index (χ0v) is 37.9. The number of nitrogens with zero attached hydrogens (tertiary/aromatic N) is 4. The van der Waals surface area contributed by atoms with Gasteiger partial charge < -0.3 is 37.8 Å². The minimum atomic E-state index is -3.92. The van der Waals surface area contributed by atoms with Gasteiger partial charge in [0.2, 0.25) is 9.84 Å². The summed E-state index contributed by atoms with van der Waals surface area (Å²) in [5, 5.41) is 20.2. The summed E-state index contributed by atoms with van der Waals surface area (Å²) >= 11 is 11.2. The van der Waals surface area contributed by atoms with E-state index >= 15 is 0 Å². The fourth-order valence-electron chi connectivity index (χ4n) is 7.71. The quantitative estimate of drug-likeness (QED) is 0.0780. The second kappa shape index (κ2) is 19.0. The van der Waals surface area contributed by atoms with Gasteiger partial charge in [0.25, 0.3) is 21.5 Å². The summed E-state index contributed by atoms with van der Waals surface area (Å²) in [5.74, 6) is 3.32. The number of furan rings is 2. The van der Waals surface area contributed by atoms with Crippen LogP contribution in [-0.2, 0) is 35.9 Å². The largest absolute Gasteiger partial charge is 0.483 e. The highest BCUT2D eigenvalue weighted by atomic mass is 32.2. The highest BCUT2D eigenvalue weighted by Gasteiger charge is 2.23. The molecule has 0 radical (unpaired) electrons. The van der Waals surface area contributed by atoms with Crippen molar-refractivity contribution in [3.8, 4) is 11.5 Å². The van der Waals surface area contributed by atoms with Gasteiger partial charge in [0.15, 0.2) is 13.2 Å². The summed E-state index contributed by atoms with van der Waals surface area (Å²) < 4.78 is 66.4. The lowest BCUT2D eigenvalue weighted by atomic mass is 10.1. The molecule has 10 rings (SSSR count). The summed E-state index contributed by atoms with van der Waals surface area (Å²) in [6.07, 6.45) is 2.76. The lowest BCUT2D eigenvalue weighted by molar-refractivity contribution is 0.264. The molecule has 0 fully saturated rings. The fraction of sp³-hybridized carbons (Fsp3) is 0.120. The molecule has 2 N–H and O–H groups in total. The first-order valence-electron chi connectivity index (χ1n) is 21.1. The molecule has 4 aromatic heterocycles. The van der Waals surface area contributed by atoms with Crippen molar-refractivity contribution in [2.24, 2.45) is 0 Å². The maximum atomic E-state index is 14.0. The van der Waals surface area contributed by atoms with Crippen molar-refractivity contribution in [1.29, 1.82) is 0 Å². The third kappa shape index (κ3) is 9.65. The minimum absolute atomic E-state index is 0.0493. The SMILES string of the molecule is O=S(=O)(c1ccc(NC(Cc2ccco2)n2nc(COc3cccc4ccccc34)oc2=S)cc1)c1ccc(NC(Cc2ccco2)n2nc(COc3cccc4ccccc34)oc2=S)cc1. The highest BCUT2D eigenvalue weighted by molar-refractivity contribution is 7.91. The van der Waals surface area contributed by atoms with Gasteiger partial charge in [0, 0.05) is 35.0 Å². The molecule has 0 aliphatic rings. The number of ether oxygens (including phenoxy) is 2. The average Bonchev–Trinajstić information content (AvgIpc) is 4.20. The molecule has 10 aromatic rings. The number of sulfone groups is 1. The first-order chi connectivity index (χ1) is 32.7. The Morgan fingerprint density at radius 3 is 1.36 bits per heavy atom. The number of nitrogens with one attached hydrogen (secondary N) is 2. The Balaban J connectivity index is 0.827. The van der Waals surface area contributed by atoms with Crippen LogP contribution in [0.3, 0.4) is 0 Å². The number of benzene rings is 6. The van der Waals surface area contributed by atoms with E-state index in [9.17, 15) is 8.42 Å². The topological polar surface area (TPSA) is 165 Å². The summed E-state index contributed by atoms with van der Waals surface area (Å²) in [6, 6.07) is 47.8. The van der Waals surface area contributed by atoms with Crippen LogP contribution in [0.4, 0.5) is 11.4 Å². The Hall–Kier alpha value is -7.73. The Morgan fingerprint density at radius 1 is 0.522 bits per heavy atom. The molecule has 14 nitrogen and oxygen atoms in total. The van der Waals surface area contributed by atoms with Crippen LogP contribution in [0.2, 0.25) is 0 Å². The van der Waals surface area contributed by atoms with E-state index in [0.29, 0.717) is 47.2 Å². The monoisotopic (exact) mass is 948 g/mol. The molecular formula is C50H40N6O8S3. The van der Waals surface area contributed by atoms with Crippen LogP contribution in [-0.4, -0.2) is 28.0 Å². The lowest BCUT2D eigenvalue weighted by Gasteiger charge is -2.19. The summed E-state index contributed by atoms with van der Waals surface area (Å²) in [4.78, 5) is 0.466. The highest BCUT2D eigenvalue weighted by Crippen LogP contribution is 2.30. The van der Waals surface area contributed by atoms with Gasteiger partial charge in [0.1, 0.15) is 35.4 Å². The zero-order valence-electron chi connectivity index (χ0n) is 35.4. The van der Waals surface area contributed by atoms with Gasteiger partial charge >= 0.3 is 0 Å². The summed E-state index contributed by atoms with van der Waals surface area (Å²) in [6.45, 7) is 0.0985. The van der Waals surface area contributed by atoms with Crippen LogP contribution in [0, 0.1) is 9.67 Å². The summed E-state index contributed by atoms with van der Waals surface area (Å²) in [5.41, 5.74) is 1.23. The Kier molecular flexibility index (Phi) is 12.3. The smallest absolute Gasteiger partial charge is 0.289 e. The fourth-order valence-corrected chi connectivity index (χ4v) is 9.50. The van der Waals surface area contributed by atoms with E-state index in [1.54, 1.807) is 82.6 Å². The number of hydrogen-bond donors (Lipinski definition) is 2. The molecule has 4 heterocycles. The van der Waals surface area contributed by atoms with Gasteiger partial charge in [-0.05, 0) is 120 Å². The van der Waals surface area contributed by atoms with E-state index in [4.69, 9.17) is 51.6 Å². The van der Waals surface area contributed by atoms with Gasteiger partial charge in [-0.2, -0.15) is 9.36 Å². The van der Waals surface area contributed by atoms with Crippen molar-refractivity contribution in [1.82, 2.24) is 19.6 Å². The van der Waals surface area contributed by atoms with Gasteiger partial charge in [-0.15, -0.1) is 10.2 Å². The van der Waals surface area contributed by atoms with Crippen molar-refractivity contribution in [2.45, 2.75) is 48.2 Å². The van der Waals surface area contributed by atoms with Crippen LogP contribution in [0.15, 0.2) is 198 Å². The van der Waals surface area contributed by atoms with Gasteiger partial charge in [0.05, 0.1) is 22.3 Å². The third-order valence-corrected chi connectivity index (χ3v) is 13.3. The molecule has 67 heavy (non-hydrogen) atoms. The van der Waals surface area contributed by atoms with Crippen molar-refractivity contribution < 1.29 is 35.6 Å². The molecule has 336 valence electrons. The predicted octanol–water partition coefficient (Wildman–Crippen LogP) is 11.9. The van der Waals surface area contributed by atoms with E-state index in [2.05, 4.69) is 20.8 Å². The van der Waals surface area contributed by atoms with Gasteiger partial charge in [-0.3, -0.25) is 0 Å². The second-order valence-corrected chi connectivity index (χ2v) is 18.0. The maximum absolute atomic E-state index is 14.0. The van der Waals surface area contributed by atoms with Crippen LogP contribution in [0.5, 0.6) is 11.5 Å². The molecule has 6 aromatic carbocycles. The first-order valence-corrected chi connectivity index (χ1v) is 23.4. The molecule has 0 spiro atoms. The molecule has 0 amide bonds. The number of hydrogen-bond acceptors (Lipinski definition) is 14. The Labute approximate surface area is 393 Å². The Morgan fingerprint density at radius 2 is 0.940 bits per heavy atom. The van der Waals surface area contributed by atoms with E-state index in [0.717, 1.165) is 21.5 Å². The molecule has 17 heteroatoms. The van der Waals surface area contributed by atoms with E-state index in [1.807, 2.05) is 97.1 Å². The molecule has 0 saturated carbocycles. The molecule has 0 saturated heterocycles. The molecule has 2 atom stereocenters. The molecule has 2 unspecified atom stereocenters. The van der Waals surface area contributed by atoms with Crippen molar-refractivity contribution in [2.75, 3.05) is 10.6 Å². The van der Waals surface area contributed by atoms with Crippen LogP contribution in [0.25, 0.3) is 21.5 Å². The van der Waals surface area contributed by atoms with Crippen LogP contribution >= 0.6 is 24.4 Å².